The lowest BCUT2D eigenvalue weighted by atomic mass is 10.0. The van der Waals surface area contributed by atoms with Crippen LogP contribution in [0.4, 0.5) is 0 Å². The van der Waals surface area contributed by atoms with Gasteiger partial charge in [-0.1, -0.05) is 32.3 Å². The summed E-state index contributed by atoms with van der Waals surface area (Å²) in [5.74, 6) is 0.905. The lowest BCUT2D eigenvalue weighted by molar-refractivity contribution is 0.0968. The standard InChI is InChI=1S/C18H29NO2/c1-5-6-7-8-13-21-18-14-15(2)9-10-16(18)17(20)11-12-19(3)4/h9-10,14H,5-8,11-13H2,1-4H3. The highest BCUT2D eigenvalue weighted by Crippen LogP contribution is 2.22. The number of rotatable bonds is 10. The summed E-state index contributed by atoms with van der Waals surface area (Å²) < 4.78 is 5.86. The molecule has 0 N–H and O–H groups in total. The number of hydrogen-bond donors (Lipinski definition) is 0. The van der Waals surface area contributed by atoms with Crippen molar-refractivity contribution < 1.29 is 9.53 Å². The van der Waals surface area contributed by atoms with E-state index in [0.717, 1.165) is 29.8 Å². The second-order valence-electron chi connectivity index (χ2n) is 5.89. The Morgan fingerprint density at radius 2 is 1.95 bits per heavy atom. The zero-order valence-corrected chi connectivity index (χ0v) is 13.9. The minimum atomic E-state index is 0.159. The SMILES string of the molecule is CCCCCCOc1cc(C)ccc1C(=O)CCN(C)C. The number of benzene rings is 1. The highest BCUT2D eigenvalue weighted by molar-refractivity contribution is 5.98. The Labute approximate surface area is 129 Å². The van der Waals surface area contributed by atoms with E-state index in [4.69, 9.17) is 4.74 Å². The van der Waals surface area contributed by atoms with Crippen LogP contribution in [0.25, 0.3) is 0 Å². The van der Waals surface area contributed by atoms with Gasteiger partial charge < -0.3 is 9.64 Å². The molecule has 0 aliphatic carbocycles. The van der Waals surface area contributed by atoms with Crippen LogP contribution >= 0.6 is 0 Å². The van der Waals surface area contributed by atoms with Gasteiger partial charge in [0.1, 0.15) is 5.75 Å². The van der Waals surface area contributed by atoms with E-state index in [1.54, 1.807) is 0 Å². The molecule has 1 aromatic carbocycles. The number of ether oxygens (including phenoxy) is 1. The van der Waals surface area contributed by atoms with Gasteiger partial charge >= 0.3 is 0 Å². The smallest absolute Gasteiger partial charge is 0.167 e. The summed E-state index contributed by atoms with van der Waals surface area (Å²) in [7, 11) is 3.96. The highest BCUT2D eigenvalue weighted by Gasteiger charge is 2.13. The van der Waals surface area contributed by atoms with Crippen molar-refractivity contribution in [3.8, 4) is 5.75 Å². The first-order valence-corrected chi connectivity index (χ1v) is 7.96. The first-order chi connectivity index (χ1) is 10.0. The Morgan fingerprint density at radius 1 is 1.19 bits per heavy atom. The van der Waals surface area contributed by atoms with Crippen LogP contribution in [0.1, 0.15) is 54.9 Å². The summed E-state index contributed by atoms with van der Waals surface area (Å²) in [6.45, 7) is 5.68. The van der Waals surface area contributed by atoms with Crippen LogP contribution in [0, 0.1) is 6.92 Å². The molecule has 3 heteroatoms. The Kier molecular flexibility index (Phi) is 8.06. The van der Waals surface area contributed by atoms with Crippen molar-refractivity contribution in [2.24, 2.45) is 0 Å². The van der Waals surface area contributed by atoms with Crippen LogP contribution in [0.3, 0.4) is 0 Å². The molecule has 0 heterocycles. The number of hydrogen-bond acceptors (Lipinski definition) is 3. The molecule has 3 nitrogen and oxygen atoms in total. The predicted octanol–water partition coefficient (Wildman–Crippen LogP) is 4.09. The van der Waals surface area contributed by atoms with Crippen molar-refractivity contribution >= 4 is 5.78 Å². The molecular weight excluding hydrogens is 262 g/mol. The molecule has 0 fully saturated rings. The number of Topliss-reactive ketones (excluding diaryl/α,β-unsaturated/α-hetero) is 1. The Bertz CT molecular complexity index is 441. The maximum Gasteiger partial charge on any atom is 0.167 e. The molecule has 0 amide bonds. The molecule has 0 spiro atoms. The summed E-state index contributed by atoms with van der Waals surface area (Å²) in [4.78, 5) is 14.3. The van der Waals surface area contributed by atoms with Crippen molar-refractivity contribution in [1.82, 2.24) is 4.90 Å². The lowest BCUT2D eigenvalue weighted by Gasteiger charge is -2.13. The van der Waals surface area contributed by atoms with Crippen molar-refractivity contribution in [2.75, 3.05) is 27.2 Å². The van der Waals surface area contributed by atoms with Crippen LogP contribution in [0.2, 0.25) is 0 Å². The van der Waals surface area contributed by atoms with Crippen LogP contribution in [0.15, 0.2) is 18.2 Å². The van der Waals surface area contributed by atoms with Gasteiger partial charge in [-0.3, -0.25) is 4.79 Å². The Morgan fingerprint density at radius 3 is 2.62 bits per heavy atom. The first-order valence-electron chi connectivity index (χ1n) is 7.96. The molecule has 1 aromatic rings. The van der Waals surface area contributed by atoms with E-state index >= 15 is 0 Å². The Hall–Kier alpha value is -1.35. The zero-order chi connectivity index (χ0) is 15.7. The van der Waals surface area contributed by atoms with Gasteiger partial charge in [0.25, 0.3) is 0 Å². The van der Waals surface area contributed by atoms with Gasteiger partial charge in [-0.2, -0.15) is 0 Å². The number of ketones is 1. The molecule has 0 saturated carbocycles. The third kappa shape index (κ3) is 6.76. The fraction of sp³-hybridized carbons (Fsp3) is 0.611. The molecule has 21 heavy (non-hydrogen) atoms. The van der Waals surface area contributed by atoms with Gasteiger partial charge in [0.15, 0.2) is 5.78 Å². The summed E-state index contributed by atoms with van der Waals surface area (Å²) in [5, 5.41) is 0. The summed E-state index contributed by atoms with van der Waals surface area (Å²) in [6, 6.07) is 5.85. The maximum atomic E-state index is 12.3. The van der Waals surface area contributed by atoms with E-state index in [2.05, 4.69) is 6.92 Å². The van der Waals surface area contributed by atoms with Crippen molar-refractivity contribution in [3.63, 3.8) is 0 Å². The molecule has 0 aliphatic heterocycles. The molecule has 0 atom stereocenters. The van der Waals surface area contributed by atoms with Crippen molar-refractivity contribution in [2.45, 2.75) is 46.0 Å². The second-order valence-corrected chi connectivity index (χ2v) is 5.89. The van der Waals surface area contributed by atoms with E-state index in [0.29, 0.717) is 13.0 Å². The number of nitrogens with zero attached hydrogens (tertiary/aromatic N) is 1. The van der Waals surface area contributed by atoms with Gasteiger partial charge in [0.05, 0.1) is 12.2 Å². The third-order valence-electron chi connectivity index (χ3n) is 3.48. The minimum absolute atomic E-state index is 0.159. The molecule has 0 bridgehead atoms. The normalized spacial score (nSPS) is 10.9. The molecule has 0 aromatic heterocycles. The number of aryl methyl sites for hydroxylation is 1. The fourth-order valence-electron chi connectivity index (χ4n) is 2.15. The Balaban J connectivity index is 2.63. The molecule has 0 radical (unpaired) electrons. The minimum Gasteiger partial charge on any atom is -0.493 e. The van der Waals surface area contributed by atoms with Crippen LogP contribution in [-0.2, 0) is 0 Å². The quantitative estimate of drug-likeness (QED) is 0.480. The molecule has 0 saturated heterocycles. The largest absolute Gasteiger partial charge is 0.493 e. The van der Waals surface area contributed by atoms with Crippen molar-refractivity contribution in [3.05, 3.63) is 29.3 Å². The topological polar surface area (TPSA) is 29.5 Å². The molecular formula is C18H29NO2. The molecule has 0 unspecified atom stereocenters. The van der Waals surface area contributed by atoms with E-state index in [1.165, 1.54) is 19.3 Å². The average molecular weight is 291 g/mol. The zero-order valence-electron chi connectivity index (χ0n) is 13.9. The molecule has 0 aliphatic rings. The average Bonchev–Trinajstić information content (AvgIpc) is 2.44. The monoisotopic (exact) mass is 291 g/mol. The predicted molar refractivity (Wildman–Crippen MR) is 88.3 cm³/mol. The third-order valence-corrected chi connectivity index (χ3v) is 3.48. The van der Waals surface area contributed by atoms with E-state index in [1.807, 2.05) is 44.1 Å². The highest BCUT2D eigenvalue weighted by atomic mass is 16.5. The van der Waals surface area contributed by atoms with Crippen molar-refractivity contribution in [1.29, 1.82) is 0 Å². The molecule has 1 rings (SSSR count). The first kappa shape index (κ1) is 17.7. The summed E-state index contributed by atoms with van der Waals surface area (Å²) in [5.41, 5.74) is 1.85. The number of unbranched alkanes of at least 4 members (excludes halogenated alkanes) is 3. The maximum absolute atomic E-state index is 12.3. The van der Waals surface area contributed by atoms with E-state index in [9.17, 15) is 4.79 Å². The second kappa shape index (κ2) is 9.56. The summed E-state index contributed by atoms with van der Waals surface area (Å²) >= 11 is 0. The number of carbonyl (C=O) groups excluding carboxylic acids is 1. The van der Waals surface area contributed by atoms with Crippen LogP contribution in [0.5, 0.6) is 5.75 Å². The van der Waals surface area contributed by atoms with Gasteiger partial charge in [0.2, 0.25) is 0 Å². The van der Waals surface area contributed by atoms with Gasteiger partial charge in [0, 0.05) is 13.0 Å². The van der Waals surface area contributed by atoms with E-state index in [-0.39, 0.29) is 5.78 Å². The van der Waals surface area contributed by atoms with Crippen LogP contribution < -0.4 is 4.74 Å². The number of carbonyl (C=O) groups is 1. The van der Waals surface area contributed by atoms with E-state index < -0.39 is 0 Å². The summed E-state index contributed by atoms with van der Waals surface area (Å²) in [6.07, 6.45) is 5.23. The van der Waals surface area contributed by atoms with Gasteiger partial charge in [-0.25, -0.2) is 0 Å². The van der Waals surface area contributed by atoms with Crippen LogP contribution in [-0.4, -0.2) is 37.9 Å². The van der Waals surface area contributed by atoms with Gasteiger partial charge in [-0.05, 0) is 45.1 Å². The van der Waals surface area contributed by atoms with Gasteiger partial charge in [-0.15, -0.1) is 0 Å². The fourth-order valence-corrected chi connectivity index (χ4v) is 2.15. The molecule has 118 valence electrons. The lowest BCUT2D eigenvalue weighted by Crippen LogP contribution is -2.17.